The lowest BCUT2D eigenvalue weighted by Gasteiger charge is -1.97. The maximum Gasteiger partial charge on any atom is 0.131 e. The second-order valence-corrected chi connectivity index (χ2v) is 5.65. The van der Waals surface area contributed by atoms with Gasteiger partial charge in [0.05, 0.1) is 0 Å². The van der Waals surface area contributed by atoms with E-state index >= 15 is 0 Å². The summed E-state index contributed by atoms with van der Waals surface area (Å²) in [5.41, 5.74) is 1.21. The molecule has 0 atom stereocenters. The van der Waals surface area contributed by atoms with E-state index in [9.17, 15) is 0 Å². The van der Waals surface area contributed by atoms with Gasteiger partial charge in [-0.2, -0.15) is 0 Å². The topological polar surface area (TPSA) is 37.8 Å². The first kappa shape index (κ1) is 13.5. The molecule has 0 amide bonds. The lowest BCUT2D eigenvalue weighted by atomic mass is 10.2. The minimum absolute atomic E-state index is 0.764. The summed E-state index contributed by atoms with van der Waals surface area (Å²) in [5.74, 6) is 0. The van der Waals surface area contributed by atoms with Gasteiger partial charge in [0, 0.05) is 18.0 Å². The monoisotopic (exact) mass is 281 g/mol. The normalized spacial score (nSPS) is 10.8. The van der Waals surface area contributed by atoms with Gasteiger partial charge in [-0.25, -0.2) is 0 Å². The van der Waals surface area contributed by atoms with Crippen molar-refractivity contribution in [1.29, 1.82) is 0 Å². The molecule has 0 radical (unpaired) electrons. The Bertz CT molecular complexity index is 481. The molecule has 1 heterocycles. The molecule has 0 aliphatic rings. The zero-order valence-electron chi connectivity index (χ0n) is 10.3. The van der Waals surface area contributed by atoms with Crippen LogP contribution in [0, 0.1) is 0 Å². The van der Waals surface area contributed by atoms with Crippen LogP contribution in [0.5, 0.6) is 0 Å². The lowest BCUT2D eigenvalue weighted by Crippen LogP contribution is -2.13. The van der Waals surface area contributed by atoms with Crippen LogP contribution in [-0.4, -0.2) is 16.7 Å². The van der Waals surface area contributed by atoms with Crippen molar-refractivity contribution in [2.45, 2.75) is 26.3 Å². The predicted molar refractivity (Wildman–Crippen MR) is 76.2 cm³/mol. The van der Waals surface area contributed by atoms with E-state index in [1.807, 2.05) is 24.3 Å². The lowest BCUT2D eigenvalue weighted by molar-refractivity contribution is 0.668. The van der Waals surface area contributed by atoms with Crippen LogP contribution >= 0.6 is 22.9 Å². The van der Waals surface area contributed by atoms with Crippen molar-refractivity contribution in [2.75, 3.05) is 6.54 Å². The van der Waals surface area contributed by atoms with Gasteiger partial charge in [-0.15, -0.1) is 10.2 Å². The van der Waals surface area contributed by atoms with Crippen molar-refractivity contribution in [3.05, 3.63) is 44.9 Å². The SMILES string of the molecule is CCCNCc1nnc(Cc2ccc(Cl)cc2)s1. The average Bonchev–Trinajstić information content (AvgIpc) is 2.80. The van der Waals surface area contributed by atoms with Crippen LogP contribution in [0.3, 0.4) is 0 Å². The number of hydrogen-bond acceptors (Lipinski definition) is 4. The molecule has 5 heteroatoms. The summed E-state index contributed by atoms with van der Waals surface area (Å²) in [6, 6.07) is 7.86. The van der Waals surface area contributed by atoms with E-state index in [1.54, 1.807) is 11.3 Å². The largest absolute Gasteiger partial charge is 0.310 e. The molecule has 0 fully saturated rings. The second kappa shape index (κ2) is 6.83. The zero-order chi connectivity index (χ0) is 12.8. The number of nitrogens with zero attached hydrogens (tertiary/aromatic N) is 2. The summed E-state index contributed by atoms with van der Waals surface area (Å²) in [6.07, 6.45) is 1.96. The van der Waals surface area contributed by atoms with Gasteiger partial charge < -0.3 is 5.32 Å². The van der Waals surface area contributed by atoms with Crippen LogP contribution in [-0.2, 0) is 13.0 Å². The first-order chi connectivity index (χ1) is 8.78. The molecule has 0 saturated heterocycles. The van der Waals surface area contributed by atoms with E-state index in [2.05, 4.69) is 22.4 Å². The Kier molecular flexibility index (Phi) is 5.11. The Hall–Kier alpha value is -0.970. The number of hydrogen-bond donors (Lipinski definition) is 1. The van der Waals surface area contributed by atoms with Crippen LogP contribution in [0.4, 0.5) is 0 Å². The molecule has 96 valence electrons. The van der Waals surface area contributed by atoms with Gasteiger partial charge in [-0.3, -0.25) is 0 Å². The fraction of sp³-hybridized carbons (Fsp3) is 0.385. The summed E-state index contributed by atoms with van der Waals surface area (Å²) in [6.45, 7) is 3.98. The van der Waals surface area contributed by atoms with Crippen LogP contribution < -0.4 is 5.32 Å². The van der Waals surface area contributed by atoms with Gasteiger partial charge in [0.1, 0.15) is 10.0 Å². The maximum absolute atomic E-state index is 5.86. The third kappa shape index (κ3) is 4.05. The maximum atomic E-state index is 5.86. The number of rotatable bonds is 6. The van der Waals surface area contributed by atoms with Gasteiger partial charge in [0.25, 0.3) is 0 Å². The molecule has 2 rings (SSSR count). The second-order valence-electron chi connectivity index (χ2n) is 4.07. The standard InChI is InChI=1S/C13H16ClN3S/c1-2-7-15-9-13-17-16-12(18-13)8-10-3-5-11(14)6-4-10/h3-6,15H,2,7-9H2,1H3. The van der Waals surface area contributed by atoms with E-state index in [1.165, 1.54) is 5.56 Å². The molecule has 1 aromatic carbocycles. The molecule has 1 N–H and O–H groups in total. The quantitative estimate of drug-likeness (QED) is 0.826. The smallest absolute Gasteiger partial charge is 0.131 e. The summed E-state index contributed by atoms with van der Waals surface area (Å²) >= 11 is 7.52. The van der Waals surface area contributed by atoms with E-state index in [-0.39, 0.29) is 0 Å². The van der Waals surface area contributed by atoms with E-state index < -0.39 is 0 Å². The Labute approximate surface area is 116 Å². The Balaban J connectivity index is 1.91. The molecule has 0 aliphatic carbocycles. The van der Waals surface area contributed by atoms with Gasteiger partial charge in [0.2, 0.25) is 0 Å². The molecule has 0 saturated carbocycles. The molecule has 18 heavy (non-hydrogen) atoms. The van der Waals surface area contributed by atoms with Crippen molar-refractivity contribution in [2.24, 2.45) is 0 Å². The van der Waals surface area contributed by atoms with Crippen molar-refractivity contribution in [3.8, 4) is 0 Å². The zero-order valence-corrected chi connectivity index (χ0v) is 11.9. The van der Waals surface area contributed by atoms with Crippen LogP contribution in [0.2, 0.25) is 5.02 Å². The molecule has 0 unspecified atom stereocenters. The highest BCUT2D eigenvalue weighted by Gasteiger charge is 2.04. The highest BCUT2D eigenvalue weighted by molar-refractivity contribution is 7.11. The molecular weight excluding hydrogens is 266 g/mol. The van der Waals surface area contributed by atoms with Crippen LogP contribution in [0.25, 0.3) is 0 Å². The van der Waals surface area contributed by atoms with E-state index in [4.69, 9.17) is 11.6 Å². The molecule has 2 aromatic rings. The molecule has 0 bridgehead atoms. The van der Waals surface area contributed by atoms with Crippen molar-refractivity contribution in [1.82, 2.24) is 15.5 Å². The summed E-state index contributed by atoms with van der Waals surface area (Å²) < 4.78 is 0. The number of nitrogens with one attached hydrogen (secondary N) is 1. The fourth-order valence-electron chi connectivity index (χ4n) is 1.58. The van der Waals surface area contributed by atoms with Crippen LogP contribution in [0.15, 0.2) is 24.3 Å². The summed E-state index contributed by atoms with van der Waals surface area (Å²) in [7, 11) is 0. The van der Waals surface area contributed by atoms with Gasteiger partial charge in [-0.1, -0.05) is 42.0 Å². The summed E-state index contributed by atoms with van der Waals surface area (Å²) in [5, 5.41) is 14.6. The Morgan fingerprint density at radius 1 is 1.17 bits per heavy atom. The molecule has 1 aromatic heterocycles. The van der Waals surface area contributed by atoms with Crippen LogP contribution in [0.1, 0.15) is 28.9 Å². The van der Waals surface area contributed by atoms with Gasteiger partial charge >= 0.3 is 0 Å². The molecule has 3 nitrogen and oxygen atoms in total. The predicted octanol–water partition coefficient (Wildman–Crippen LogP) is 3.28. The minimum Gasteiger partial charge on any atom is -0.310 e. The van der Waals surface area contributed by atoms with Crippen molar-refractivity contribution in [3.63, 3.8) is 0 Å². The third-order valence-electron chi connectivity index (χ3n) is 2.48. The Morgan fingerprint density at radius 2 is 1.89 bits per heavy atom. The van der Waals surface area contributed by atoms with Crippen molar-refractivity contribution < 1.29 is 0 Å². The average molecular weight is 282 g/mol. The van der Waals surface area contributed by atoms with E-state index in [0.717, 1.165) is 41.0 Å². The van der Waals surface area contributed by atoms with Crippen molar-refractivity contribution >= 4 is 22.9 Å². The molecule has 0 spiro atoms. The minimum atomic E-state index is 0.764. The number of aromatic nitrogens is 2. The van der Waals surface area contributed by atoms with Gasteiger partial charge in [-0.05, 0) is 30.7 Å². The summed E-state index contributed by atoms with van der Waals surface area (Å²) in [4.78, 5) is 0. The molecular formula is C13H16ClN3S. The molecule has 0 aliphatic heterocycles. The fourth-order valence-corrected chi connectivity index (χ4v) is 2.55. The van der Waals surface area contributed by atoms with Gasteiger partial charge in [0.15, 0.2) is 0 Å². The number of benzene rings is 1. The van der Waals surface area contributed by atoms with E-state index in [0.29, 0.717) is 0 Å². The Morgan fingerprint density at radius 3 is 2.61 bits per heavy atom. The highest BCUT2D eigenvalue weighted by atomic mass is 35.5. The highest BCUT2D eigenvalue weighted by Crippen LogP contribution is 2.16. The first-order valence-corrected chi connectivity index (χ1v) is 7.24. The number of halogens is 1. The first-order valence-electron chi connectivity index (χ1n) is 6.04. The third-order valence-corrected chi connectivity index (χ3v) is 3.66.